The second-order valence-electron chi connectivity index (χ2n) is 5.51. The van der Waals surface area contributed by atoms with Gasteiger partial charge >= 0.3 is 0 Å². The molecule has 0 spiro atoms. The number of hydrogen-bond acceptors (Lipinski definition) is 2. The fraction of sp³-hybridized carbons (Fsp3) is 0.562. The first-order valence-corrected chi connectivity index (χ1v) is 6.90. The molecule has 0 bridgehead atoms. The number of nitrogens with zero attached hydrogens (tertiary/aromatic N) is 1. The van der Waals surface area contributed by atoms with E-state index in [1.807, 2.05) is 24.3 Å². The van der Waals surface area contributed by atoms with Crippen molar-refractivity contribution in [1.82, 2.24) is 0 Å². The lowest BCUT2D eigenvalue weighted by Crippen LogP contribution is -2.24. The van der Waals surface area contributed by atoms with E-state index in [1.54, 1.807) is 0 Å². The molecule has 0 heterocycles. The van der Waals surface area contributed by atoms with Crippen LogP contribution in [0.4, 0.5) is 11.4 Å². The van der Waals surface area contributed by atoms with E-state index in [2.05, 4.69) is 34.6 Å². The molecule has 1 aromatic carbocycles. The van der Waals surface area contributed by atoms with Crippen LogP contribution < -0.4 is 5.73 Å². The third kappa shape index (κ3) is 3.59. The van der Waals surface area contributed by atoms with Crippen LogP contribution in [0.1, 0.15) is 41.0 Å². The number of hydrogen-bond donors (Lipinski definition) is 1. The molecule has 0 radical (unpaired) electrons. The van der Waals surface area contributed by atoms with E-state index in [9.17, 15) is 0 Å². The SMILES string of the molecule is CCC(C(=Nc1ccccc1N)C(C)C)C(C)C. The van der Waals surface area contributed by atoms with Crippen molar-refractivity contribution < 1.29 is 0 Å². The van der Waals surface area contributed by atoms with E-state index in [0.717, 1.165) is 17.8 Å². The lowest BCUT2D eigenvalue weighted by Gasteiger charge is -2.24. The summed E-state index contributed by atoms with van der Waals surface area (Å²) in [5, 5.41) is 0. The molecule has 0 fully saturated rings. The van der Waals surface area contributed by atoms with Crippen LogP contribution in [0.5, 0.6) is 0 Å². The van der Waals surface area contributed by atoms with Gasteiger partial charge in [0.2, 0.25) is 0 Å². The summed E-state index contributed by atoms with van der Waals surface area (Å²) >= 11 is 0. The normalized spacial score (nSPS) is 14.3. The van der Waals surface area contributed by atoms with Gasteiger partial charge < -0.3 is 5.73 Å². The van der Waals surface area contributed by atoms with Crippen LogP contribution in [-0.4, -0.2) is 5.71 Å². The van der Waals surface area contributed by atoms with Crippen molar-refractivity contribution >= 4 is 17.1 Å². The molecular weight excluding hydrogens is 220 g/mol. The molecule has 0 aliphatic carbocycles. The van der Waals surface area contributed by atoms with Crippen LogP contribution in [-0.2, 0) is 0 Å². The largest absolute Gasteiger partial charge is 0.397 e. The summed E-state index contributed by atoms with van der Waals surface area (Å²) in [6, 6.07) is 7.84. The molecule has 100 valence electrons. The Bertz CT molecular complexity index is 405. The molecule has 2 heteroatoms. The van der Waals surface area contributed by atoms with Crippen molar-refractivity contribution in [3.63, 3.8) is 0 Å². The van der Waals surface area contributed by atoms with Crippen molar-refractivity contribution in [3.05, 3.63) is 24.3 Å². The van der Waals surface area contributed by atoms with Crippen LogP contribution in [0.2, 0.25) is 0 Å². The molecule has 2 nitrogen and oxygen atoms in total. The monoisotopic (exact) mass is 246 g/mol. The highest BCUT2D eigenvalue weighted by Crippen LogP contribution is 2.27. The topological polar surface area (TPSA) is 38.4 Å². The van der Waals surface area contributed by atoms with Gasteiger partial charge in [-0.05, 0) is 36.3 Å². The van der Waals surface area contributed by atoms with Crippen LogP contribution in [0, 0.1) is 17.8 Å². The average molecular weight is 246 g/mol. The first-order valence-electron chi connectivity index (χ1n) is 6.90. The summed E-state index contributed by atoms with van der Waals surface area (Å²) in [6.45, 7) is 11.2. The molecule has 1 aromatic rings. The Morgan fingerprint density at radius 1 is 1.17 bits per heavy atom. The molecule has 2 N–H and O–H groups in total. The molecular formula is C16H26N2. The van der Waals surface area contributed by atoms with Crippen molar-refractivity contribution in [2.75, 3.05) is 5.73 Å². The smallest absolute Gasteiger partial charge is 0.0858 e. The Kier molecular flexibility index (Phi) is 5.39. The van der Waals surface area contributed by atoms with Crippen LogP contribution in [0.3, 0.4) is 0 Å². The van der Waals surface area contributed by atoms with Gasteiger partial charge in [0.1, 0.15) is 0 Å². The maximum atomic E-state index is 5.98. The van der Waals surface area contributed by atoms with Crippen molar-refractivity contribution in [2.24, 2.45) is 22.7 Å². The number of benzene rings is 1. The van der Waals surface area contributed by atoms with E-state index >= 15 is 0 Å². The van der Waals surface area contributed by atoms with Gasteiger partial charge in [0.25, 0.3) is 0 Å². The van der Waals surface area contributed by atoms with Crippen molar-refractivity contribution in [1.29, 1.82) is 0 Å². The summed E-state index contributed by atoms with van der Waals surface area (Å²) in [5.41, 5.74) is 8.91. The van der Waals surface area contributed by atoms with E-state index in [0.29, 0.717) is 17.8 Å². The van der Waals surface area contributed by atoms with Crippen LogP contribution in [0.15, 0.2) is 29.3 Å². The van der Waals surface area contributed by atoms with Gasteiger partial charge in [0.15, 0.2) is 0 Å². The minimum absolute atomic E-state index is 0.456. The van der Waals surface area contributed by atoms with Crippen LogP contribution in [0.25, 0.3) is 0 Å². The number of nitrogen functional groups attached to an aromatic ring is 1. The summed E-state index contributed by atoms with van der Waals surface area (Å²) in [6.07, 6.45) is 1.13. The molecule has 0 aliphatic heterocycles. The summed E-state index contributed by atoms with van der Waals surface area (Å²) < 4.78 is 0. The summed E-state index contributed by atoms with van der Waals surface area (Å²) in [4.78, 5) is 4.84. The van der Waals surface area contributed by atoms with Gasteiger partial charge in [-0.2, -0.15) is 0 Å². The van der Waals surface area contributed by atoms with Gasteiger partial charge in [-0.25, -0.2) is 0 Å². The molecule has 1 rings (SSSR count). The quantitative estimate of drug-likeness (QED) is 0.594. The van der Waals surface area contributed by atoms with E-state index < -0.39 is 0 Å². The van der Waals surface area contributed by atoms with Gasteiger partial charge in [-0.15, -0.1) is 0 Å². The highest BCUT2D eigenvalue weighted by molar-refractivity contribution is 5.92. The fourth-order valence-electron chi connectivity index (χ4n) is 2.39. The third-order valence-electron chi connectivity index (χ3n) is 3.40. The number of aliphatic imine (C=N–C) groups is 1. The van der Waals surface area contributed by atoms with Gasteiger partial charge in [-0.3, -0.25) is 4.99 Å². The predicted molar refractivity (Wildman–Crippen MR) is 81.4 cm³/mol. The number of rotatable bonds is 5. The van der Waals surface area contributed by atoms with Crippen LogP contribution >= 0.6 is 0 Å². The molecule has 1 atom stereocenters. The first-order chi connectivity index (χ1) is 8.47. The molecule has 0 saturated carbocycles. The van der Waals surface area contributed by atoms with Crippen molar-refractivity contribution in [3.8, 4) is 0 Å². The highest BCUT2D eigenvalue weighted by Gasteiger charge is 2.20. The summed E-state index contributed by atoms with van der Waals surface area (Å²) in [5.74, 6) is 1.60. The molecule has 0 aromatic heterocycles. The maximum absolute atomic E-state index is 5.98. The van der Waals surface area contributed by atoms with Gasteiger partial charge in [0, 0.05) is 5.71 Å². The molecule has 1 unspecified atom stereocenters. The highest BCUT2D eigenvalue weighted by atomic mass is 14.8. The number of anilines is 1. The minimum Gasteiger partial charge on any atom is -0.397 e. The minimum atomic E-state index is 0.456. The average Bonchev–Trinajstić information content (AvgIpc) is 2.30. The third-order valence-corrected chi connectivity index (χ3v) is 3.40. The Morgan fingerprint density at radius 3 is 2.22 bits per heavy atom. The molecule has 18 heavy (non-hydrogen) atoms. The Morgan fingerprint density at radius 2 is 1.78 bits per heavy atom. The zero-order chi connectivity index (χ0) is 13.7. The Labute approximate surface area is 111 Å². The first kappa shape index (κ1) is 14.7. The standard InChI is InChI=1S/C16H26N2/c1-6-13(11(2)3)16(12(4)5)18-15-10-8-7-9-14(15)17/h7-13H,6,17H2,1-5H3. The van der Waals surface area contributed by atoms with E-state index in [-0.39, 0.29) is 0 Å². The molecule has 0 saturated heterocycles. The zero-order valence-electron chi connectivity index (χ0n) is 12.3. The molecule has 0 amide bonds. The lowest BCUT2D eigenvalue weighted by molar-refractivity contribution is 0.466. The Balaban J connectivity index is 3.16. The lowest BCUT2D eigenvalue weighted by atomic mass is 9.83. The fourth-order valence-corrected chi connectivity index (χ4v) is 2.39. The second kappa shape index (κ2) is 6.58. The zero-order valence-corrected chi connectivity index (χ0v) is 12.3. The second-order valence-corrected chi connectivity index (χ2v) is 5.51. The number of nitrogens with two attached hydrogens (primary N) is 1. The van der Waals surface area contributed by atoms with Gasteiger partial charge in [-0.1, -0.05) is 46.8 Å². The van der Waals surface area contributed by atoms with E-state index in [4.69, 9.17) is 10.7 Å². The summed E-state index contributed by atoms with van der Waals surface area (Å²) in [7, 11) is 0. The number of para-hydroxylation sites is 2. The maximum Gasteiger partial charge on any atom is 0.0858 e. The van der Waals surface area contributed by atoms with Gasteiger partial charge in [0.05, 0.1) is 11.4 Å². The van der Waals surface area contributed by atoms with Crippen molar-refractivity contribution in [2.45, 2.75) is 41.0 Å². The van der Waals surface area contributed by atoms with E-state index in [1.165, 1.54) is 5.71 Å². The Hall–Kier alpha value is -1.31. The predicted octanol–water partition coefficient (Wildman–Crippen LogP) is 4.68. The molecule has 0 aliphatic rings.